The van der Waals surface area contributed by atoms with Gasteiger partial charge in [0.25, 0.3) is 0 Å². The summed E-state index contributed by atoms with van der Waals surface area (Å²) >= 11 is 0. The van der Waals surface area contributed by atoms with E-state index in [1.54, 1.807) is 16.7 Å². The number of hydrogen-bond donors (Lipinski definition) is 2. The van der Waals surface area contributed by atoms with Crippen molar-refractivity contribution in [3.8, 4) is 0 Å². The van der Waals surface area contributed by atoms with Gasteiger partial charge in [-0.05, 0) is 19.8 Å². The highest BCUT2D eigenvalue weighted by Crippen LogP contribution is 2.19. The number of nitrogens with one attached hydrogen (secondary N) is 1. The number of amides is 3. The van der Waals surface area contributed by atoms with Crippen molar-refractivity contribution in [3.05, 3.63) is 0 Å². The average molecular weight is 283 g/mol. The Morgan fingerprint density at radius 3 is 2.35 bits per heavy atom. The lowest BCUT2D eigenvalue weighted by Gasteiger charge is -2.39. The van der Waals surface area contributed by atoms with Gasteiger partial charge in [0.1, 0.15) is 6.04 Å². The van der Waals surface area contributed by atoms with Crippen molar-refractivity contribution in [2.45, 2.75) is 32.2 Å². The monoisotopic (exact) mass is 283 g/mol. The molecule has 2 N–H and O–H groups in total. The summed E-state index contributed by atoms with van der Waals surface area (Å²) in [5, 5.41) is 11.3. The van der Waals surface area contributed by atoms with Crippen molar-refractivity contribution < 1.29 is 19.5 Å². The maximum atomic E-state index is 12.0. The number of hydrogen-bond acceptors (Lipinski definition) is 3. The standard InChI is InChI=1S/C13H21N3O4/c1-9(12(19)15-4-2-3-5-15)14-13(20)16-7-10(8-16)6-11(17)18/h9-10H,2-8H2,1H3,(H,14,20)(H,17,18). The van der Waals surface area contributed by atoms with Crippen LogP contribution in [0.3, 0.4) is 0 Å². The lowest BCUT2D eigenvalue weighted by molar-refractivity contribution is -0.139. The van der Waals surface area contributed by atoms with E-state index < -0.39 is 12.0 Å². The minimum atomic E-state index is -0.840. The fourth-order valence-electron chi connectivity index (χ4n) is 2.66. The first-order valence-corrected chi connectivity index (χ1v) is 7.03. The van der Waals surface area contributed by atoms with Crippen molar-refractivity contribution in [1.29, 1.82) is 0 Å². The average Bonchev–Trinajstić information content (AvgIpc) is 2.85. The molecular formula is C13H21N3O4. The van der Waals surface area contributed by atoms with E-state index in [9.17, 15) is 14.4 Å². The fourth-order valence-corrected chi connectivity index (χ4v) is 2.66. The summed E-state index contributed by atoms with van der Waals surface area (Å²) in [7, 11) is 0. The topological polar surface area (TPSA) is 90.0 Å². The molecule has 3 amide bonds. The van der Waals surface area contributed by atoms with E-state index in [2.05, 4.69) is 5.32 Å². The normalized spacial score (nSPS) is 20.4. The van der Waals surface area contributed by atoms with Crippen LogP contribution in [0.15, 0.2) is 0 Å². The Hall–Kier alpha value is -1.79. The van der Waals surface area contributed by atoms with Crippen LogP contribution in [0.4, 0.5) is 4.79 Å². The van der Waals surface area contributed by atoms with Gasteiger partial charge in [-0.3, -0.25) is 9.59 Å². The summed E-state index contributed by atoms with van der Waals surface area (Å²) in [6.07, 6.45) is 2.14. The molecule has 2 aliphatic rings. The number of carboxylic acids is 1. The van der Waals surface area contributed by atoms with Crippen LogP contribution in [-0.4, -0.2) is 65.0 Å². The third-order valence-corrected chi connectivity index (χ3v) is 3.84. The summed E-state index contributed by atoms with van der Waals surface area (Å²) in [5.41, 5.74) is 0. The van der Waals surface area contributed by atoms with Crippen molar-refractivity contribution in [2.24, 2.45) is 5.92 Å². The van der Waals surface area contributed by atoms with Gasteiger partial charge in [-0.2, -0.15) is 0 Å². The highest BCUT2D eigenvalue weighted by Gasteiger charge is 2.33. The number of urea groups is 1. The Morgan fingerprint density at radius 1 is 1.20 bits per heavy atom. The van der Waals surface area contributed by atoms with Crippen LogP contribution >= 0.6 is 0 Å². The minimum absolute atomic E-state index is 0.0304. The molecule has 0 aromatic rings. The second-order valence-electron chi connectivity index (χ2n) is 5.57. The molecule has 2 aliphatic heterocycles. The number of carboxylic acid groups (broad SMARTS) is 1. The molecule has 2 saturated heterocycles. The fraction of sp³-hybridized carbons (Fsp3) is 0.769. The van der Waals surface area contributed by atoms with Crippen molar-refractivity contribution in [3.63, 3.8) is 0 Å². The van der Waals surface area contributed by atoms with Gasteiger partial charge in [-0.15, -0.1) is 0 Å². The van der Waals surface area contributed by atoms with Gasteiger partial charge in [0, 0.05) is 32.1 Å². The molecule has 112 valence electrons. The lowest BCUT2D eigenvalue weighted by atomic mass is 9.97. The number of nitrogens with zero attached hydrogens (tertiary/aromatic N) is 2. The zero-order valence-corrected chi connectivity index (χ0v) is 11.7. The van der Waals surface area contributed by atoms with Gasteiger partial charge in [-0.1, -0.05) is 0 Å². The number of carbonyl (C=O) groups excluding carboxylic acids is 2. The second-order valence-corrected chi connectivity index (χ2v) is 5.57. The van der Waals surface area contributed by atoms with Crippen LogP contribution < -0.4 is 5.32 Å². The third-order valence-electron chi connectivity index (χ3n) is 3.84. The molecule has 2 rings (SSSR count). The van der Waals surface area contributed by atoms with Crippen LogP contribution in [-0.2, 0) is 9.59 Å². The number of aliphatic carboxylic acids is 1. The SMILES string of the molecule is CC(NC(=O)N1CC(CC(=O)O)C1)C(=O)N1CCCC1. The molecule has 20 heavy (non-hydrogen) atoms. The first kappa shape index (κ1) is 14.6. The molecule has 0 bridgehead atoms. The highest BCUT2D eigenvalue weighted by atomic mass is 16.4. The zero-order chi connectivity index (χ0) is 14.7. The molecule has 1 unspecified atom stereocenters. The van der Waals surface area contributed by atoms with Crippen LogP contribution in [0.25, 0.3) is 0 Å². The number of rotatable bonds is 4. The molecule has 0 aromatic heterocycles. The van der Waals surface area contributed by atoms with E-state index in [4.69, 9.17) is 5.11 Å². The van der Waals surface area contributed by atoms with Gasteiger partial charge in [0.15, 0.2) is 0 Å². The molecule has 0 spiro atoms. The zero-order valence-electron chi connectivity index (χ0n) is 11.7. The van der Waals surface area contributed by atoms with Crippen LogP contribution in [0.2, 0.25) is 0 Å². The Labute approximate surface area is 117 Å². The first-order chi connectivity index (χ1) is 9.47. The Bertz CT molecular complexity index is 400. The van der Waals surface area contributed by atoms with Gasteiger partial charge in [0.2, 0.25) is 5.91 Å². The maximum Gasteiger partial charge on any atom is 0.318 e. The van der Waals surface area contributed by atoms with Crippen molar-refractivity contribution >= 4 is 17.9 Å². The quantitative estimate of drug-likeness (QED) is 0.766. The Kier molecular flexibility index (Phi) is 4.46. The van der Waals surface area contributed by atoms with Crippen molar-refractivity contribution in [2.75, 3.05) is 26.2 Å². The molecule has 7 heteroatoms. The van der Waals surface area contributed by atoms with Crippen molar-refractivity contribution in [1.82, 2.24) is 15.1 Å². The summed E-state index contributed by atoms with van der Waals surface area (Å²) in [6.45, 7) is 4.12. The lowest BCUT2D eigenvalue weighted by Crippen LogP contribution is -2.57. The highest BCUT2D eigenvalue weighted by molar-refractivity contribution is 5.87. The van der Waals surface area contributed by atoms with E-state index in [1.165, 1.54) is 0 Å². The first-order valence-electron chi connectivity index (χ1n) is 7.03. The van der Waals surface area contributed by atoms with E-state index in [1.807, 2.05) is 0 Å². The third kappa shape index (κ3) is 3.40. The summed E-state index contributed by atoms with van der Waals surface area (Å²) < 4.78 is 0. The predicted molar refractivity (Wildman–Crippen MR) is 71.1 cm³/mol. The van der Waals surface area contributed by atoms with Gasteiger partial charge >= 0.3 is 12.0 Å². The predicted octanol–water partition coefficient (Wildman–Crippen LogP) is 0.113. The molecule has 0 aliphatic carbocycles. The smallest absolute Gasteiger partial charge is 0.318 e. The molecular weight excluding hydrogens is 262 g/mol. The largest absolute Gasteiger partial charge is 0.481 e. The number of carbonyl (C=O) groups is 3. The second kappa shape index (κ2) is 6.11. The Balaban J connectivity index is 1.72. The summed E-state index contributed by atoms with van der Waals surface area (Å²) in [6, 6.07) is -0.814. The molecule has 0 radical (unpaired) electrons. The summed E-state index contributed by atoms with van der Waals surface area (Å²) in [4.78, 5) is 37.8. The van der Waals surface area contributed by atoms with E-state index in [-0.39, 0.29) is 24.3 Å². The maximum absolute atomic E-state index is 12.0. The van der Waals surface area contributed by atoms with Crippen LogP contribution in [0, 0.1) is 5.92 Å². The molecule has 0 aromatic carbocycles. The van der Waals surface area contributed by atoms with Crippen LogP contribution in [0.1, 0.15) is 26.2 Å². The molecule has 2 heterocycles. The minimum Gasteiger partial charge on any atom is -0.481 e. The van der Waals surface area contributed by atoms with Gasteiger partial charge < -0.3 is 20.2 Å². The Morgan fingerprint density at radius 2 is 1.80 bits per heavy atom. The molecule has 7 nitrogen and oxygen atoms in total. The van der Waals surface area contributed by atoms with E-state index in [0.717, 1.165) is 25.9 Å². The molecule has 1 atom stereocenters. The molecule has 0 saturated carbocycles. The molecule has 2 fully saturated rings. The van der Waals surface area contributed by atoms with Gasteiger partial charge in [-0.25, -0.2) is 4.79 Å². The number of likely N-dealkylation sites (tertiary alicyclic amines) is 2. The van der Waals surface area contributed by atoms with E-state index in [0.29, 0.717) is 13.1 Å². The van der Waals surface area contributed by atoms with E-state index >= 15 is 0 Å². The summed E-state index contributed by atoms with van der Waals surface area (Å²) in [5.74, 6) is -0.853. The van der Waals surface area contributed by atoms with Gasteiger partial charge in [0.05, 0.1) is 6.42 Å². The van der Waals surface area contributed by atoms with Crippen LogP contribution in [0.5, 0.6) is 0 Å².